The molecule has 4 amide bonds. The first-order valence-electron chi connectivity index (χ1n) is 7.79. The second-order valence-corrected chi connectivity index (χ2v) is 5.43. The Bertz CT molecular complexity index is 377. The first-order chi connectivity index (χ1) is 10.6. The molecule has 2 rings (SSSR count). The van der Waals surface area contributed by atoms with E-state index in [0.717, 1.165) is 37.1 Å². The molecule has 0 saturated heterocycles. The Morgan fingerprint density at radius 1 is 0.682 bits per heavy atom. The number of urea groups is 2. The van der Waals surface area contributed by atoms with E-state index < -0.39 is 12.1 Å². The van der Waals surface area contributed by atoms with Gasteiger partial charge < -0.3 is 11.5 Å². The maximum atomic E-state index is 10.2. The largest absolute Gasteiger partial charge is 0.350 e. The van der Waals surface area contributed by atoms with E-state index in [1.165, 1.54) is 38.5 Å². The van der Waals surface area contributed by atoms with Crippen LogP contribution >= 0.6 is 0 Å². The van der Waals surface area contributed by atoms with Gasteiger partial charge in [-0.05, 0) is 51.4 Å². The lowest BCUT2D eigenvalue weighted by Gasteiger charge is -2.11. The molecule has 0 spiro atoms. The highest BCUT2D eigenvalue weighted by Crippen LogP contribution is 2.14. The minimum Gasteiger partial charge on any atom is -0.350 e. The fourth-order valence-electron chi connectivity index (χ4n) is 2.41. The van der Waals surface area contributed by atoms with E-state index in [1.54, 1.807) is 0 Å². The highest BCUT2D eigenvalue weighted by atomic mass is 16.2. The number of hydrogen-bond donors (Lipinski definition) is 4. The Hall–Kier alpha value is -2.12. The van der Waals surface area contributed by atoms with E-state index in [4.69, 9.17) is 11.5 Å². The van der Waals surface area contributed by atoms with Gasteiger partial charge in [-0.1, -0.05) is 12.8 Å². The molecule has 8 nitrogen and oxygen atoms in total. The summed E-state index contributed by atoms with van der Waals surface area (Å²) in [6.07, 6.45) is 11.3. The lowest BCUT2D eigenvalue weighted by atomic mass is 9.99. The maximum absolute atomic E-state index is 10.2. The molecule has 2 aliphatic rings. The van der Waals surface area contributed by atoms with E-state index in [0.29, 0.717) is 0 Å². The van der Waals surface area contributed by atoms with Gasteiger partial charge in [-0.3, -0.25) is 0 Å². The Kier molecular flexibility index (Phi) is 8.63. The van der Waals surface area contributed by atoms with Gasteiger partial charge in [-0.2, -0.15) is 10.2 Å². The lowest BCUT2D eigenvalue weighted by Crippen LogP contribution is -2.26. The first-order valence-corrected chi connectivity index (χ1v) is 7.79. The molecule has 2 aliphatic carbocycles. The van der Waals surface area contributed by atoms with Gasteiger partial charge in [0.15, 0.2) is 0 Å². The normalized spacial score (nSPS) is 17.6. The van der Waals surface area contributed by atoms with Crippen molar-refractivity contribution in [3.05, 3.63) is 0 Å². The van der Waals surface area contributed by atoms with Crippen LogP contribution in [-0.4, -0.2) is 23.5 Å². The summed E-state index contributed by atoms with van der Waals surface area (Å²) in [6, 6.07) is -1.16. The highest BCUT2D eigenvalue weighted by molar-refractivity contribution is 5.86. The molecule has 0 aromatic carbocycles. The summed E-state index contributed by atoms with van der Waals surface area (Å²) in [7, 11) is 0. The minimum absolute atomic E-state index is 0.580. The molecule has 22 heavy (non-hydrogen) atoms. The highest BCUT2D eigenvalue weighted by Gasteiger charge is 2.07. The van der Waals surface area contributed by atoms with Crippen LogP contribution in [0.5, 0.6) is 0 Å². The molecule has 0 atom stereocenters. The van der Waals surface area contributed by atoms with Crippen molar-refractivity contribution >= 4 is 23.5 Å². The number of carbonyl (C=O) groups excluding carboxylic acids is 2. The zero-order chi connectivity index (χ0) is 16.2. The number of nitrogens with one attached hydrogen (secondary N) is 2. The second kappa shape index (κ2) is 10.6. The fraction of sp³-hybridized carbons (Fsp3) is 0.714. The van der Waals surface area contributed by atoms with Crippen LogP contribution in [0.1, 0.15) is 64.2 Å². The van der Waals surface area contributed by atoms with Crippen molar-refractivity contribution in [3.63, 3.8) is 0 Å². The average Bonchev–Trinajstić information content (AvgIpc) is 2.53. The molecule has 6 N–H and O–H groups in total. The molecule has 0 bridgehead atoms. The van der Waals surface area contributed by atoms with E-state index >= 15 is 0 Å². The molecule has 0 aromatic rings. The summed E-state index contributed by atoms with van der Waals surface area (Å²) in [5, 5.41) is 7.75. The van der Waals surface area contributed by atoms with Crippen LogP contribution in [0.4, 0.5) is 9.59 Å². The number of rotatable bonds is 2. The number of carbonyl (C=O) groups is 2. The fourth-order valence-corrected chi connectivity index (χ4v) is 2.41. The van der Waals surface area contributed by atoms with E-state index in [-0.39, 0.29) is 0 Å². The first kappa shape index (κ1) is 17.9. The van der Waals surface area contributed by atoms with Crippen LogP contribution in [0, 0.1) is 0 Å². The number of hydrogen-bond acceptors (Lipinski definition) is 4. The number of amides is 4. The van der Waals surface area contributed by atoms with Crippen LogP contribution < -0.4 is 22.3 Å². The van der Waals surface area contributed by atoms with Gasteiger partial charge in [0.2, 0.25) is 0 Å². The predicted octanol–water partition coefficient (Wildman–Crippen LogP) is 1.95. The summed E-state index contributed by atoms with van der Waals surface area (Å²) >= 11 is 0. The molecule has 2 saturated carbocycles. The topological polar surface area (TPSA) is 135 Å². The summed E-state index contributed by atoms with van der Waals surface area (Å²) in [5.74, 6) is 0. The third-order valence-corrected chi connectivity index (χ3v) is 3.51. The van der Waals surface area contributed by atoms with Crippen molar-refractivity contribution in [2.45, 2.75) is 64.2 Å². The Balaban J connectivity index is 0.000000220. The van der Waals surface area contributed by atoms with Crippen molar-refractivity contribution < 1.29 is 9.59 Å². The molecule has 124 valence electrons. The third kappa shape index (κ3) is 8.93. The lowest BCUT2D eigenvalue weighted by molar-refractivity contribution is 0.248. The minimum atomic E-state index is -0.580. The average molecular weight is 310 g/mol. The molecule has 0 heterocycles. The van der Waals surface area contributed by atoms with E-state index in [9.17, 15) is 9.59 Å². The summed E-state index contributed by atoms with van der Waals surface area (Å²) in [5.41, 5.74) is 16.3. The van der Waals surface area contributed by atoms with Crippen LogP contribution in [-0.2, 0) is 0 Å². The Morgan fingerprint density at radius 2 is 1.00 bits per heavy atom. The summed E-state index contributed by atoms with van der Waals surface area (Å²) in [4.78, 5) is 20.5. The second-order valence-electron chi connectivity index (χ2n) is 5.43. The molecule has 0 aliphatic heterocycles. The van der Waals surface area contributed by atoms with E-state index in [1.807, 2.05) is 0 Å². The van der Waals surface area contributed by atoms with Crippen LogP contribution in [0.2, 0.25) is 0 Å². The Labute approximate surface area is 130 Å². The van der Waals surface area contributed by atoms with Crippen molar-refractivity contribution in [2.75, 3.05) is 0 Å². The van der Waals surface area contributed by atoms with Gasteiger partial charge in [-0.15, -0.1) is 0 Å². The SMILES string of the molecule is NC(=O)NN=C1CCCCC1.NC(=O)NN=C1CCCCC1. The van der Waals surface area contributed by atoms with Gasteiger partial charge in [0, 0.05) is 11.4 Å². The van der Waals surface area contributed by atoms with Crippen molar-refractivity contribution in [3.8, 4) is 0 Å². The number of nitrogens with zero attached hydrogens (tertiary/aromatic N) is 2. The molecule has 0 aromatic heterocycles. The van der Waals surface area contributed by atoms with Crippen molar-refractivity contribution in [1.82, 2.24) is 10.9 Å². The van der Waals surface area contributed by atoms with Gasteiger partial charge in [-0.25, -0.2) is 20.4 Å². The third-order valence-electron chi connectivity index (χ3n) is 3.51. The van der Waals surface area contributed by atoms with Gasteiger partial charge in [0.25, 0.3) is 0 Å². The maximum Gasteiger partial charge on any atom is 0.332 e. The Morgan fingerprint density at radius 3 is 1.27 bits per heavy atom. The van der Waals surface area contributed by atoms with Crippen LogP contribution in [0.3, 0.4) is 0 Å². The zero-order valence-corrected chi connectivity index (χ0v) is 12.9. The molecule has 0 radical (unpaired) electrons. The molecule has 8 heteroatoms. The van der Waals surface area contributed by atoms with Crippen molar-refractivity contribution in [1.29, 1.82) is 0 Å². The predicted molar refractivity (Wildman–Crippen MR) is 86.5 cm³/mol. The summed E-state index contributed by atoms with van der Waals surface area (Å²) < 4.78 is 0. The van der Waals surface area contributed by atoms with Gasteiger partial charge in [0.1, 0.15) is 0 Å². The standard InChI is InChI=1S/2C7H13N3O/c2*8-7(11)10-9-6-4-2-1-3-5-6/h2*1-5H2,(H3,8,10,11). The number of hydrazone groups is 2. The number of nitrogens with two attached hydrogens (primary N) is 2. The van der Waals surface area contributed by atoms with Crippen LogP contribution in [0.25, 0.3) is 0 Å². The molecular formula is C14H26N6O2. The van der Waals surface area contributed by atoms with Gasteiger partial charge >= 0.3 is 12.1 Å². The molecular weight excluding hydrogens is 284 g/mol. The van der Waals surface area contributed by atoms with E-state index in [2.05, 4.69) is 21.1 Å². The monoisotopic (exact) mass is 310 g/mol. The summed E-state index contributed by atoms with van der Waals surface area (Å²) in [6.45, 7) is 0. The van der Waals surface area contributed by atoms with Crippen molar-refractivity contribution in [2.24, 2.45) is 21.7 Å². The van der Waals surface area contributed by atoms with Gasteiger partial charge in [0.05, 0.1) is 0 Å². The number of primary amides is 2. The smallest absolute Gasteiger partial charge is 0.332 e. The zero-order valence-electron chi connectivity index (χ0n) is 12.9. The molecule has 2 fully saturated rings. The quantitative estimate of drug-likeness (QED) is 0.580. The van der Waals surface area contributed by atoms with Crippen LogP contribution in [0.15, 0.2) is 10.2 Å². The molecule has 0 unspecified atom stereocenters.